The first kappa shape index (κ1) is 29.3. The van der Waals surface area contributed by atoms with Crippen molar-refractivity contribution in [2.45, 2.75) is 51.5 Å². The van der Waals surface area contributed by atoms with Crippen molar-refractivity contribution < 1.29 is 28.7 Å². The van der Waals surface area contributed by atoms with Crippen molar-refractivity contribution in [1.29, 1.82) is 0 Å². The molecule has 11 nitrogen and oxygen atoms in total. The average molecular weight is 538 g/mol. The third kappa shape index (κ3) is 8.11. The molecule has 0 bridgehead atoms. The Morgan fingerprint density at radius 1 is 0.821 bits per heavy atom. The second-order valence-corrected chi connectivity index (χ2v) is 9.45. The van der Waals surface area contributed by atoms with E-state index < -0.39 is 29.9 Å². The zero-order valence-electron chi connectivity index (χ0n) is 22.3. The third-order valence-electron chi connectivity index (χ3n) is 6.63. The quantitative estimate of drug-likeness (QED) is 0.260. The number of fused-ring (bicyclic) bond motifs is 3. The van der Waals surface area contributed by atoms with E-state index in [-0.39, 0.29) is 49.9 Å². The van der Waals surface area contributed by atoms with E-state index >= 15 is 0 Å². The lowest BCUT2D eigenvalue weighted by atomic mass is 9.98. The number of hydrogen-bond acceptors (Lipinski definition) is 7. The summed E-state index contributed by atoms with van der Waals surface area (Å²) in [6.07, 6.45) is -0.416. The number of hydrogen-bond donors (Lipinski definition) is 5. The molecule has 2 aromatic carbocycles. The van der Waals surface area contributed by atoms with Crippen molar-refractivity contribution in [2.24, 2.45) is 5.92 Å². The van der Waals surface area contributed by atoms with E-state index in [2.05, 4.69) is 27.0 Å². The van der Waals surface area contributed by atoms with Gasteiger partial charge in [0.2, 0.25) is 17.7 Å². The van der Waals surface area contributed by atoms with Gasteiger partial charge in [-0.2, -0.15) is 0 Å². The fraction of sp³-hybridized carbons (Fsp3) is 0.393. The Balaban J connectivity index is 1.39. The smallest absolute Gasteiger partial charge is 0.426 e. The number of ketones is 1. The molecule has 0 saturated carbocycles. The minimum Gasteiger partial charge on any atom is -0.447 e. The molecule has 2 aromatic rings. The van der Waals surface area contributed by atoms with Crippen LogP contribution >= 0.6 is 0 Å². The van der Waals surface area contributed by atoms with E-state index in [0.29, 0.717) is 0 Å². The van der Waals surface area contributed by atoms with Crippen LogP contribution in [0.5, 0.6) is 0 Å². The number of carbonyl (C=O) groups is 5. The molecule has 39 heavy (non-hydrogen) atoms. The number of Topliss-reactive ketones (excluding diaryl/α,β-unsaturated/α-hetero) is 1. The SMILES string of the molecule is CNNC(=O)CCC(NC(=O)C(C)CCC(=O)NNC(=O)OCC1c2ccccc2-c2ccccc21)C(C)=O. The maximum atomic E-state index is 12.5. The molecule has 4 amide bonds. The van der Waals surface area contributed by atoms with Crippen molar-refractivity contribution in [3.05, 3.63) is 59.7 Å². The topological polar surface area (TPSA) is 155 Å². The van der Waals surface area contributed by atoms with E-state index in [1.807, 2.05) is 48.5 Å². The molecular weight excluding hydrogens is 502 g/mol. The summed E-state index contributed by atoms with van der Waals surface area (Å²) in [5, 5.41) is 2.63. The van der Waals surface area contributed by atoms with Crippen LogP contribution in [-0.2, 0) is 23.9 Å². The minimum atomic E-state index is -0.799. The van der Waals surface area contributed by atoms with Crippen molar-refractivity contribution in [1.82, 2.24) is 27.0 Å². The normalized spacial score (nSPS) is 13.3. The molecule has 0 spiro atoms. The van der Waals surface area contributed by atoms with Crippen molar-refractivity contribution in [3.8, 4) is 11.1 Å². The van der Waals surface area contributed by atoms with Crippen LogP contribution in [0.2, 0.25) is 0 Å². The lowest BCUT2D eigenvalue weighted by Gasteiger charge is -2.19. The molecule has 11 heteroatoms. The number of amides is 4. The van der Waals surface area contributed by atoms with E-state index in [1.54, 1.807) is 14.0 Å². The standard InChI is InChI=1S/C28H35N5O6/c1-17(27(37)30-24(18(2)34)13-15-25(35)31-29-3)12-14-26(36)32-33-28(38)39-16-23-21-10-6-4-8-19(21)20-9-5-7-11-22(20)23/h4-11,17,23-24,29H,12-16H2,1-3H3,(H,30,37)(H,31,35)(H,32,36)(H,33,38). The fourth-order valence-electron chi connectivity index (χ4n) is 4.46. The number of benzene rings is 2. The van der Waals surface area contributed by atoms with E-state index in [4.69, 9.17) is 4.74 Å². The first-order valence-electron chi connectivity index (χ1n) is 12.9. The van der Waals surface area contributed by atoms with Gasteiger partial charge in [0.15, 0.2) is 5.78 Å². The predicted octanol–water partition coefficient (Wildman–Crippen LogP) is 2.08. The van der Waals surface area contributed by atoms with Gasteiger partial charge in [-0.25, -0.2) is 15.6 Å². The Morgan fingerprint density at radius 2 is 1.38 bits per heavy atom. The maximum absolute atomic E-state index is 12.5. The molecule has 0 radical (unpaired) electrons. The molecule has 3 rings (SSSR count). The highest BCUT2D eigenvalue weighted by Gasteiger charge is 2.29. The van der Waals surface area contributed by atoms with Gasteiger partial charge in [0.05, 0.1) is 6.04 Å². The van der Waals surface area contributed by atoms with Crippen molar-refractivity contribution in [2.75, 3.05) is 13.7 Å². The minimum absolute atomic E-state index is 0.0342. The van der Waals surface area contributed by atoms with Crippen LogP contribution in [0.4, 0.5) is 4.79 Å². The van der Waals surface area contributed by atoms with Crippen LogP contribution in [0, 0.1) is 5.92 Å². The first-order chi connectivity index (χ1) is 18.7. The summed E-state index contributed by atoms with van der Waals surface area (Å²) in [5.41, 5.74) is 13.8. The van der Waals surface area contributed by atoms with Gasteiger partial charge in [0, 0.05) is 31.7 Å². The average Bonchev–Trinajstić information content (AvgIpc) is 3.25. The van der Waals surface area contributed by atoms with Gasteiger partial charge < -0.3 is 10.1 Å². The molecule has 0 heterocycles. The van der Waals surface area contributed by atoms with E-state index in [0.717, 1.165) is 22.3 Å². The monoisotopic (exact) mass is 537 g/mol. The summed E-state index contributed by atoms with van der Waals surface area (Å²) in [7, 11) is 1.55. The summed E-state index contributed by atoms with van der Waals surface area (Å²) in [5.74, 6) is -2.13. The van der Waals surface area contributed by atoms with E-state index in [1.165, 1.54) is 6.92 Å². The largest absolute Gasteiger partial charge is 0.447 e. The van der Waals surface area contributed by atoms with Gasteiger partial charge in [-0.3, -0.25) is 30.0 Å². The van der Waals surface area contributed by atoms with Crippen LogP contribution in [-0.4, -0.2) is 49.3 Å². The Hall–Kier alpha value is -4.25. The Bertz CT molecular complexity index is 1170. The van der Waals surface area contributed by atoms with E-state index in [9.17, 15) is 24.0 Å². The van der Waals surface area contributed by atoms with Crippen LogP contribution in [0.1, 0.15) is 56.6 Å². The molecule has 208 valence electrons. The van der Waals surface area contributed by atoms with Gasteiger partial charge in [-0.1, -0.05) is 55.5 Å². The maximum Gasteiger partial charge on any atom is 0.426 e. The highest BCUT2D eigenvalue weighted by molar-refractivity contribution is 5.89. The zero-order chi connectivity index (χ0) is 28.4. The number of hydrazine groups is 2. The molecule has 1 aliphatic carbocycles. The van der Waals surface area contributed by atoms with Gasteiger partial charge >= 0.3 is 6.09 Å². The second-order valence-electron chi connectivity index (χ2n) is 9.45. The second kappa shape index (κ2) is 14.1. The lowest BCUT2D eigenvalue weighted by molar-refractivity contribution is -0.130. The zero-order valence-corrected chi connectivity index (χ0v) is 22.3. The van der Waals surface area contributed by atoms with Gasteiger partial charge in [-0.15, -0.1) is 0 Å². The van der Waals surface area contributed by atoms with Crippen molar-refractivity contribution in [3.63, 3.8) is 0 Å². The van der Waals surface area contributed by atoms with Gasteiger partial charge in [0.1, 0.15) is 6.61 Å². The molecule has 5 N–H and O–H groups in total. The number of ether oxygens (including phenoxy) is 1. The molecule has 0 aliphatic heterocycles. The summed E-state index contributed by atoms with van der Waals surface area (Å²) in [6.45, 7) is 3.08. The highest BCUT2D eigenvalue weighted by atomic mass is 16.6. The van der Waals surface area contributed by atoms with Crippen molar-refractivity contribution >= 4 is 29.6 Å². The van der Waals surface area contributed by atoms with Gasteiger partial charge in [-0.05, 0) is 42.0 Å². The summed E-state index contributed by atoms with van der Waals surface area (Å²) in [4.78, 5) is 60.4. The van der Waals surface area contributed by atoms with Crippen LogP contribution < -0.4 is 27.0 Å². The molecular formula is C28H35N5O6. The summed E-state index contributed by atoms with van der Waals surface area (Å²) < 4.78 is 5.38. The highest BCUT2D eigenvalue weighted by Crippen LogP contribution is 2.44. The Morgan fingerprint density at radius 3 is 1.97 bits per heavy atom. The van der Waals surface area contributed by atoms with Gasteiger partial charge in [0.25, 0.3) is 0 Å². The number of carbonyl (C=O) groups excluding carboxylic acids is 5. The molecule has 2 unspecified atom stereocenters. The summed E-state index contributed by atoms with van der Waals surface area (Å²) in [6, 6.07) is 15.1. The van der Waals surface area contributed by atoms with Crippen LogP contribution in [0.3, 0.4) is 0 Å². The molecule has 2 atom stereocenters. The Kier molecular flexibility index (Phi) is 10.6. The molecule has 0 saturated heterocycles. The van der Waals surface area contributed by atoms with Crippen LogP contribution in [0.25, 0.3) is 11.1 Å². The number of nitrogens with one attached hydrogen (secondary N) is 5. The predicted molar refractivity (Wildman–Crippen MR) is 144 cm³/mol. The fourth-order valence-corrected chi connectivity index (χ4v) is 4.46. The Labute approximate surface area is 227 Å². The molecule has 0 aromatic heterocycles. The lowest BCUT2D eigenvalue weighted by Crippen LogP contribution is -2.44. The third-order valence-corrected chi connectivity index (χ3v) is 6.63. The molecule has 1 aliphatic rings. The van der Waals surface area contributed by atoms with Crippen LogP contribution in [0.15, 0.2) is 48.5 Å². The summed E-state index contributed by atoms with van der Waals surface area (Å²) >= 11 is 0. The number of rotatable bonds is 12. The first-order valence-corrected chi connectivity index (χ1v) is 12.9. The molecule has 0 fully saturated rings.